The molecule has 2 rings (SSSR count). The third-order valence-corrected chi connectivity index (χ3v) is 4.65. The van der Waals surface area contributed by atoms with E-state index in [9.17, 15) is 4.79 Å². The van der Waals surface area contributed by atoms with Gasteiger partial charge in [-0.1, -0.05) is 6.07 Å². The van der Waals surface area contributed by atoms with Crippen LogP contribution in [0.1, 0.15) is 11.8 Å². The van der Waals surface area contributed by atoms with Crippen LogP contribution in [0.5, 0.6) is 0 Å². The van der Waals surface area contributed by atoms with Gasteiger partial charge in [0, 0.05) is 58.1 Å². The number of carbonyl (C=O) groups is 1. The average Bonchev–Trinajstić information content (AvgIpc) is 3.04. The van der Waals surface area contributed by atoms with E-state index in [4.69, 9.17) is 0 Å². The number of amides is 1. The predicted molar refractivity (Wildman–Crippen MR) is 107 cm³/mol. The van der Waals surface area contributed by atoms with E-state index in [1.165, 1.54) is 4.88 Å². The molecule has 0 atom stereocenters. The van der Waals surface area contributed by atoms with Crippen molar-refractivity contribution in [2.24, 2.45) is 4.99 Å². The minimum Gasteiger partial charge on any atom is -0.355 e. The van der Waals surface area contributed by atoms with Crippen LogP contribution < -0.4 is 10.6 Å². The number of hydrogen-bond donors (Lipinski definition) is 2. The molecular weight excluding hydrogens is 425 g/mol. The van der Waals surface area contributed by atoms with Crippen LogP contribution in [0.4, 0.5) is 0 Å². The molecule has 0 spiro atoms. The van der Waals surface area contributed by atoms with Gasteiger partial charge in [-0.15, -0.1) is 35.3 Å². The Morgan fingerprint density at radius 1 is 1.30 bits per heavy atom. The average molecular weight is 451 g/mol. The van der Waals surface area contributed by atoms with Crippen molar-refractivity contribution in [1.29, 1.82) is 0 Å². The number of rotatable bonds is 5. The van der Waals surface area contributed by atoms with Crippen LogP contribution in [0, 0.1) is 0 Å². The number of guanidine groups is 1. The topological polar surface area (TPSA) is 60.0 Å². The lowest BCUT2D eigenvalue weighted by molar-refractivity contribution is -0.130. The maximum absolute atomic E-state index is 11.3. The highest BCUT2D eigenvalue weighted by Crippen LogP contribution is 2.07. The summed E-state index contributed by atoms with van der Waals surface area (Å²) in [4.78, 5) is 21.1. The van der Waals surface area contributed by atoms with Gasteiger partial charge in [0.2, 0.25) is 5.91 Å². The second kappa shape index (κ2) is 10.8. The fraction of sp³-hybridized carbons (Fsp3) is 0.600. The lowest BCUT2D eigenvalue weighted by Crippen LogP contribution is -2.50. The molecule has 0 bridgehead atoms. The van der Waals surface area contributed by atoms with E-state index in [1.54, 1.807) is 25.3 Å². The van der Waals surface area contributed by atoms with Crippen LogP contribution in [-0.2, 0) is 11.3 Å². The third-order valence-electron chi connectivity index (χ3n) is 3.77. The summed E-state index contributed by atoms with van der Waals surface area (Å²) in [6.07, 6.45) is 0. The van der Waals surface area contributed by atoms with E-state index in [0.29, 0.717) is 0 Å². The molecule has 1 fully saturated rings. The SMILES string of the molecule is CN=C(NCCN1CCN(C(C)=O)CC1)NCc1cccs1.I. The van der Waals surface area contributed by atoms with Gasteiger partial charge >= 0.3 is 0 Å². The Hall–Kier alpha value is -0.870. The van der Waals surface area contributed by atoms with Crippen LogP contribution in [-0.4, -0.2) is 68.0 Å². The van der Waals surface area contributed by atoms with Crippen molar-refractivity contribution in [2.75, 3.05) is 46.3 Å². The summed E-state index contributed by atoms with van der Waals surface area (Å²) < 4.78 is 0. The number of nitrogens with one attached hydrogen (secondary N) is 2. The van der Waals surface area contributed by atoms with E-state index in [2.05, 4.69) is 38.0 Å². The van der Waals surface area contributed by atoms with Gasteiger partial charge in [-0.05, 0) is 11.4 Å². The quantitative estimate of drug-likeness (QED) is 0.401. The maximum atomic E-state index is 11.3. The molecule has 0 aliphatic carbocycles. The van der Waals surface area contributed by atoms with Crippen molar-refractivity contribution >= 4 is 47.2 Å². The van der Waals surface area contributed by atoms with Gasteiger partial charge in [0.1, 0.15) is 0 Å². The maximum Gasteiger partial charge on any atom is 0.219 e. The predicted octanol–water partition coefficient (Wildman–Crippen LogP) is 1.20. The molecule has 130 valence electrons. The molecule has 0 aromatic carbocycles. The summed E-state index contributed by atoms with van der Waals surface area (Å²) in [7, 11) is 1.79. The Morgan fingerprint density at radius 3 is 2.61 bits per heavy atom. The molecule has 0 unspecified atom stereocenters. The molecule has 6 nitrogen and oxygen atoms in total. The van der Waals surface area contributed by atoms with Gasteiger partial charge in [-0.25, -0.2) is 0 Å². The molecule has 1 saturated heterocycles. The van der Waals surface area contributed by atoms with Crippen molar-refractivity contribution < 1.29 is 4.79 Å². The molecule has 0 saturated carbocycles. The largest absolute Gasteiger partial charge is 0.355 e. The fourth-order valence-electron chi connectivity index (χ4n) is 2.42. The number of halogens is 1. The standard InChI is InChI=1S/C15H25N5OS.HI/c1-13(21)20-9-7-19(8-10-20)6-5-17-15(16-2)18-12-14-4-3-11-22-14;/h3-4,11H,5-10,12H2,1-2H3,(H2,16,17,18);1H. The summed E-state index contributed by atoms with van der Waals surface area (Å²) in [6.45, 7) is 7.82. The van der Waals surface area contributed by atoms with E-state index >= 15 is 0 Å². The smallest absolute Gasteiger partial charge is 0.219 e. The summed E-state index contributed by atoms with van der Waals surface area (Å²) in [5, 5.41) is 8.72. The van der Waals surface area contributed by atoms with Crippen LogP contribution in [0.3, 0.4) is 0 Å². The van der Waals surface area contributed by atoms with Gasteiger partial charge in [-0.3, -0.25) is 14.7 Å². The second-order valence-corrected chi connectivity index (χ2v) is 6.31. The molecular formula is C15H26IN5OS. The monoisotopic (exact) mass is 451 g/mol. The number of carbonyl (C=O) groups excluding carboxylic acids is 1. The van der Waals surface area contributed by atoms with Crippen molar-refractivity contribution in [3.8, 4) is 0 Å². The van der Waals surface area contributed by atoms with Gasteiger partial charge < -0.3 is 15.5 Å². The summed E-state index contributed by atoms with van der Waals surface area (Å²) in [6, 6.07) is 4.16. The lowest BCUT2D eigenvalue weighted by Gasteiger charge is -2.34. The van der Waals surface area contributed by atoms with Crippen molar-refractivity contribution in [3.63, 3.8) is 0 Å². The lowest BCUT2D eigenvalue weighted by atomic mass is 10.3. The first-order valence-electron chi connectivity index (χ1n) is 7.64. The minimum absolute atomic E-state index is 0. The molecule has 1 aromatic heterocycles. The molecule has 1 amide bonds. The van der Waals surface area contributed by atoms with E-state index in [-0.39, 0.29) is 29.9 Å². The Labute approximate surface area is 159 Å². The molecule has 8 heteroatoms. The minimum atomic E-state index is 0. The Balaban J connectivity index is 0.00000264. The Kier molecular flexibility index (Phi) is 9.49. The molecule has 1 aromatic rings. The number of piperazine rings is 1. The van der Waals surface area contributed by atoms with Crippen LogP contribution in [0.25, 0.3) is 0 Å². The van der Waals surface area contributed by atoms with Crippen LogP contribution >= 0.6 is 35.3 Å². The van der Waals surface area contributed by atoms with E-state index in [1.807, 2.05) is 4.90 Å². The summed E-state index contributed by atoms with van der Waals surface area (Å²) in [5.74, 6) is 1.01. The number of aliphatic imine (C=N–C) groups is 1. The highest BCUT2D eigenvalue weighted by molar-refractivity contribution is 14.0. The number of hydrogen-bond acceptors (Lipinski definition) is 4. The van der Waals surface area contributed by atoms with Crippen LogP contribution in [0.2, 0.25) is 0 Å². The second-order valence-electron chi connectivity index (χ2n) is 5.28. The van der Waals surface area contributed by atoms with Crippen molar-refractivity contribution in [3.05, 3.63) is 22.4 Å². The van der Waals surface area contributed by atoms with Gasteiger partial charge in [0.05, 0.1) is 6.54 Å². The van der Waals surface area contributed by atoms with Crippen molar-refractivity contribution in [2.45, 2.75) is 13.5 Å². The third kappa shape index (κ3) is 7.05. The van der Waals surface area contributed by atoms with Gasteiger partial charge in [0.25, 0.3) is 0 Å². The number of nitrogens with zero attached hydrogens (tertiary/aromatic N) is 3. The Morgan fingerprint density at radius 2 is 2.04 bits per heavy atom. The van der Waals surface area contributed by atoms with Crippen molar-refractivity contribution in [1.82, 2.24) is 20.4 Å². The molecule has 1 aliphatic rings. The van der Waals surface area contributed by atoms with Gasteiger partial charge in [0.15, 0.2) is 5.96 Å². The normalized spacial score (nSPS) is 15.9. The first-order chi connectivity index (χ1) is 10.7. The van der Waals surface area contributed by atoms with E-state index < -0.39 is 0 Å². The zero-order chi connectivity index (χ0) is 15.8. The molecule has 23 heavy (non-hydrogen) atoms. The number of thiophene rings is 1. The zero-order valence-electron chi connectivity index (χ0n) is 13.7. The zero-order valence-corrected chi connectivity index (χ0v) is 16.9. The highest BCUT2D eigenvalue weighted by Gasteiger charge is 2.17. The summed E-state index contributed by atoms with van der Waals surface area (Å²) in [5.41, 5.74) is 0. The summed E-state index contributed by atoms with van der Waals surface area (Å²) >= 11 is 1.74. The molecule has 0 radical (unpaired) electrons. The first-order valence-corrected chi connectivity index (χ1v) is 8.52. The van der Waals surface area contributed by atoms with Gasteiger partial charge in [-0.2, -0.15) is 0 Å². The Bertz CT molecular complexity index is 486. The van der Waals surface area contributed by atoms with Crippen LogP contribution in [0.15, 0.2) is 22.5 Å². The van der Waals surface area contributed by atoms with E-state index in [0.717, 1.165) is 51.8 Å². The molecule has 2 N–H and O–H groups in total. The molecule has 1 aliphatic heterocycles. The molecule has 2 heterocycles. The highest BCUT2D eigenvalue weighted by atomic mass is 127. The first kappa shape index (κ1) is 20.2. The fourth-order valence-corrected chi connectivity index (χ4v) is 3.07.